The fraction of sp³-hybridized carbons (Fsp3) is 0.353. The van der Waals surface area contributed by atoms with Crippen molar-refractivity contribution in [2.75, 3.05) is 25.0 Å². The van der Waals surface area contributed by atoms with E-state index in [1.807, 2.05) is 18.2 Å². The van der Waals surface area contributed by atoms with Crippen molar-refractivity contribution in [1.29, 1.82) is 5.26 Å². The van der Waals surface area contributed by atoms with Crippen LogP contribution in [-0.4, -0.2) is 29.5 Å². The number of nitro groups is 1. The van der Waals surface area contributed by atoms with Gasteiger partial charge >= 0.3 is 0 Å². The summed E-state index contributed by atoms with van der Waals surface area (Å²) < 4.78 is 5.57. The lowest BCUT2D eigenvalue weighted by Crippen LogP contribution is -2.30. The van der Waals surface area contributed by atoms with E-state index < -0.39 is 4.92 Å². The van der Waals surface area contributed by atoms with Crippen LogP contribution in [0.3, 0.4) is 0 Å². The molecule has 24 heavy (non-hydrogen) atoms. The summed E-state index contributed by atoms with van der Waals surface area (Å²) in [4.78, 5) is 12.7. The number of hydrogen-bond donors (Lipinski definition) is 1. The summed E-state index contributed by atoms with van der Waals surface area (Å²) in [7, 11) is 0. The van der Waals surface area contributed by atoms with E-state index >= 15 is 0 Å². The number of likely N-dealkylation sites (tertiary alicyclic amines) is 1. The molecule has 2 heterocycles. The number of non-ortho nitro benzene ring substituents is 1. The molecule has 0 unspecified atom stereocenters. The molecule has 2 aromatic rings. The predicted molar refractivity (Wildman–Crippen MR) is 88.6 cm³/mol. The van der Waals surface area contributed by atoms with Gasteiger partial charge in [0.2, 0.25) is 0 Å². The van der Waals surface area contributed by atoms with Crippen molar-refractivity contribution in [3.63, 3.8) is 0 Å². The van der Waals surface area contributed by atoms with Crippen LogP contribution >= 0.6 is 0 Å². The smallest absolute Gasteiger partial charge is 0.270 e. The number of hydrogen-bond acceptors (Lipinski definition) is 6. The summed E-state index contributed by atoms with van der Waals surface area (Å²) in [5, 5.41) is 23.3. The first kappa shape index (κ1) is 16.0. The van der Waals surface area contributed by atoms with E-state index in [0.29, 0.717) is 12.2 Å². The number of rotatable bonds is 6. The Hall–Kier alpha value is -2.85. The molecule has 124 valence electrons. The van der Waals surface area contributed by atoms with E-state index in [4.69, 9.17) is 4.42 Å². The lowest BCUT2D eigenvalue weighted by atomic mass is 10.1. The highest BCUT2D eigenvalue weighted by Crippen LogP contribution is 2.27. The molecule has 0 aliphatic carbocycles. The zero-order valence-corrected chi connectivity index (χ0v) is 13.1. The van der Waals surface area contributed by atoms with Crippen LogP contribution in [0.2, 0.25) is 0 Å². The second-order valence-electron chi connectivity index (χ2n) is 5.75. The zero-order chi connectivity index (χ0) is 16.9. The maximum absolute atomic E-state index is 10.8. The Bertz CT molecular complexity index is 746. The van der Waals surface area contributed by atoms with Gasteiger partial charge < -0.3 is 9.73 Å². The molecule has 1 saturated heterocycles. The van der Waals surface area contributed by atoms with Gasteiger partial charge in [-0.15, -0.1) is 0 Å². The second-order valence-corrected chi connectivity index (χ2v) is 5.75. The van der Waals surface area contributed by atoms with Crippen LogP contribution in [0.4, 0.5) is 11.4 Å². The zero-order valence-electron chi connectivity index (χ0n) is 13.1. The number of nitrogens with one attached hydrogen (secondary N) is 1. The van der Waals surface area contributed by atoms with Crippen LogP contribution in [0, 0.1) is 21.4 Å². The van der Waals surface area contributed by atoms with E-state index in [9.17, 15) is 15.4 Å². The first-order valence-electron chi connectivity index (χ1n) is 7.89. The molecule has 7 heteroatoms. The van der Waals surface area contributed by atoms with Gasteiger partial charge in [-0.25, -0.2) is 0 Å². The van der Waals surface area contributed by atoms with Crippen molar-refractivity contribution < 1.29 is 9.34 Å². The molecule has 0 radical (unpaired) electrons. The van der Waals surface area contributed by atoms with Crippen LogP contribution in [0.5, 0.6) is 0 Å². The van der Waals surface area contributed by atoms with Crippen LogP contribution < -0.4 is 5.32 Å². The van der Waals surface area contributed by atoms with Crippen molar-refractivity contribution in [2.45, 2.75) is 18.9 Å². The number of nitro benzene ring substituents is 1. The van der Waals surface area contributed by atoms with Crippen molar-refractivity contribution in [3.8, 4) is 6.07 Å². The molecule has 1 fully saturated rings. The summed E-state index contributed by atoms with van der Waals surface area (Å²) in [6.45, 7) is 2.59. The summed E-state index contributed by atoms with van der Waals surface area (Å²) >= 11 is 0. The Morgan fingerprint density at radius 1 is 1.38 bits per heavy atom. The van der Waals surface area contributed by atoms with Gasteiger partial charge in [-0.3, -0.25) is 15.0 Å². The van der Waals surface area contributed by atoms with Gasteiger partial charge in [0, 0.05) is 18.7 Å². The molecular formula is C17H18N4O3. The summed E-state index contributed by atoms with van der Waals surface area (Å²) in [5.41, 5.74) is 0.780. The van der Waals surface area contributed by atoms with Crippen LogP contribution in [-0.2, 0) is 0 Å². The normalized spacial score (nSPS) is 15.8. The molecule has 1 atom stereocenters. The highest BCUT2D eigenvalue weighted by atomic mass is 16.6. The minimum Gasteiger partial charge on any atom is -0.468 e. The van der Waals surface area contributed by atoms with Gasteiger partial charge in [-0.05, 0) is 44.1 Å². The van der Waals surface area contributed by atoms with Crippen LogP contribution in [0.25, 0.3) is 0 Å². The summed E-state index contributed by atoms with van der Waals surface area (Å²) in [6.07, 6.45) is 3.99. The molecule has 0 amide bonds. The fourth-order valence-electron chi connectivity index (χ4n) is 3.04. The number of nitriles is 1. The van der Waals surface area contributed by atoms with Gasteiger partial charge in [-0.1, -0.05) is 0 Å². The molecule has 7 nitrogen and oxygen atoms in total. The predicted octanol–water partition coefficient (Wildman–Crippen LogP) is 3.31. The molecule has 3 rings (SSSR count). The van der Waals surface area contributed by atoms with Gasteiger partial charge in [0.15, 0.2) is 0 Å². The summed E-state index contributed by atoms with van der Waals surface area (Å²) in [5.74, 6) is 0.879. The average Bonchev–Trinajstić information content (AvgIpc) is 3.29. The standard InChI is InChI=1S/C17H18N4O3/c18-11-13-10-14(21(22)23)5-6-15(13)19-12-16(17-4-3-9-24-17)20-7-1-2-8-20/h3-6,9-10,16,19H,1-2,7-8,12H2/t16-/m1/s1. The largest absolute Gasteiger partial charge is 0.468 e. The number of furan rings is 1. The van der Waals surface area contributed by atoms with Gasteiger partial charge in [-0.2, -0.15) is 5.26 Å². The number of anilines is 1. The topological polar surface area (TPSA) is 95.3 Å². The first-order chi connectivity index (χ1) is 11.7. The lowest BCUT2D eigenvalue weighted by molar-refractivity contribution is -0.384. The fourth-order valence-corrected chi connectivity index (χ4v) is 3.04. The first-order valence-corrected chi connectivity index (χ1v) is 7.89. The number of nitrogens with zero attached hydrogens (tertiary/aromatic N) is 3. The monoisotopic (exact) mass is 326 g/mol. The lowest BCUT2D eigenvalue weighted by Gasteiger charge is -2.26. The maximum Gasteiger partial charge on any atom is 0.270 e. The maximum atomic E-state index is 10.8. The van der Waals surface area contributed by atoms with Crippen molar-refractivity contribution in [1.82, 2.24) is 4.90 Å². The van der Waals surface area contributed by atoms with E-state index in [0.717, 1.165) is 31.7 Å². The number of benzene rings is 1. The van der Waals surface area contributed by atoms with E-state index in [-0.39, 0.29) is 17.3 Å². The van der Waals surface area contributed by atoms with E-state index in [1.54, 1.807) is 12.3 Å². The molecule has 1 aromatic heterocycles. The average molecular weight is 326 g/mol. The molecule has 1 N–H and O–H groups in total. The van der Waals surface area contributed by atoms with Crippen molar-refractivity contribution in [3.05, 3.63) is 58.0 Å². The van der Waals surface area contributed by atoms with Crippen LogP contribution in [0.1, 0.15) is 30.2 Å². The molecule has 1 aliphatic rings. The third kappa shape index (κ3) is 3.39. The third-order valence-electron chi connectivity index (χ3n) is 4.27. The van der Waals surface area contributed by atoms with Crippen molar-refractivity contribution >= 4 is 11.4 Å². The van der Waals surface area contributed by atoms with E-state index in [2.05, 4.69) is 10.2 Å². The van der Waals surface area contributed by atoms with Gasteiger partial charge in [0.25, 0.3) is 5.69 Å². The Morgan fingerprint density at radius 3 is 2.79 bits per heavy atom. The third-order valence-corrected chi connectivity index (χ3v) is 4.27. The highest BCUT2D eigenvalue weighted by Gasteiger charge is 2.25. The van der Waals surface area contributed by atoms with E-state index in [1.165, 1.54) is 12.1 Å². The molecule has 0 spiro atoms. The highest BCUT2D eigenvalue weighted by molar-refractivity contribution is 5.61. The Kier molecular flexibility index (Phi) is 4.77. The second kappa shape index (κ2) is 7.15. The molecule has 0 bridgehead atoms. The van der Waals surface area contributed by atoms with Crippen molar-refractivity contribution in [2.24, 2.45) is 0 Å². The van der Waals surface area contributed by atoms with Gasteiger partial charge in [0.1, 0.15) is 11.8 Å². The SMILES string of the molecule is N#Cc1cc([N+](=O)[O-])ccc1NC[C@H](c1ccco1)N1CCCC1. The molecule has 1 aliphatic heterocycles. The quantitative estimate of drug-likeness (QED) is 0.646. The minimum atomic E-state index is -0.499. The van der Waals surface area contributed by atoms with Gasteiger partial charge in [0.05, 0.1) is 28.5 Å². The Balaban J connectivity index is 1.77. The molecule has 0 saturated carbocycles. The Labute approximate surface area is 139 Å². The Morgan fingerprint density at radius 2 is 2.17 bits per heavy atom. The summed E-state index contributed by atoms with van der Waals surface area (Å²) in [6, 6.07) is 10.2. The van der Waals surface area contributed by atoms with Crippen LogP contribution in [0.15, 0.2) is 41.0 Å². The molecule has 1 aromatic carbocycles. The molecular weight excluding hydrogens is 308 g/mol. The minimum absolute atomic E-state index is 0.0734.